The van der Waals surface area contributed by atoms with Gasteiger partial charge in [0.1, 0.15) is 0 Å². The van der Waals surface area contributed by atoms with Crippen molar-refractivity contribution in [3.63, 3.8) is 0 Å². The zero-order valence-corrected chi connectivity index (χ0v) is 7.84. The topological polar surface area (TPSA) is 37.3 Å². The van der Waals surface area contributed by atoms with E-state index in [9.17, 15) is 4.79 Å². The van der Waals surface area contributed by atoms with Crippen molar-refractivity contribution in [2.75, 3.05) is 0 Å². The summed E-state index contributed by atoms with van der Waals surface area (Å²) in [5.41, 5.74) is 0. The van der Waals surface area contributed by atoms with E-state index in [1.54, 1.807) is 0 Å². The normalized spacial score (nSPS) is 20.3. The Morgan fingerprint density at radius 3 is 2.67 bits per heavy atom. The molecule has 0 saturated heterocycles. The van der Waals surface area contributed by atoms with Gasteiger partial charge in [0.15, 0.2) is 0 Å². The summed E-state index contributed by atoms with van der Waals surface area (Å²) in [5.74, 6) is -1.88. The predicted octanol–water partition coefficient (Wildman–Crippen LogP) is 2.92. The molecule has 0 aromatic carbocycles. The highest BCUT2D eigenvalue weighted by atomic mass is 16.4. The van der Waals surface area contributed by atoms with Crippen molar-refractivity contribution < 1.29 is 14.0 Å². The Morgan fingerprint density at radius 1 is 1.58 bits per heavy atom. The molecule has 2 nitrogen and oxygen atoms in total. The summed E-state index contributed by atoms with van der Waals surface area (Å²) < 4.78 is 21.3. The molecule has 1 N–H and O–H groups in total. The van der Waals surface area contributed by atoms with Gasteiger partial charge in [0.25, 0.3) is 0 Å². The zero-order chi connectivity index (χ0) is 12.1. The first-order valence-corrected chi connectivity index (χ1v) is 4.51. The van der Waals surface area contributed by atoms with Gasteiger partial charge in [-0.05, 0) is 12.3 Å². The van der Waals surface area contributed by atoms with Crippen molar-refractivity contribution in [3.05, 3.63) is 0 Å². The zero-order valence-electron chi connectivity index (χ0n) is 10.8. The molecule has 0 aliphatic rings. The van der Waals surface area contributed by atoms with E-state index >= 15 is 0 Å². The van der Waals surface area contributed by atoms with Gasteiger partial charge >= 0.3 is 5.97 Å². The third-order valence-electron chi connectivity index (χ3n) is 2.18. The Bertz CT molecular complexity index is 201. The lowest BCUT2D eigenvalue weighted by atomic mass is 9.97. The average Bonchev–Trinajstić information content (AvgIpc) is 2.09. The Labute approximate surface area is 79.2 Å². The molecule has 0 rings (SSSR count). The molecule has 0 aliphatic carbocycles. The lowest BCUT2D eigenvalue weighted by Crippen LogP contribution is -2.09. The third kappa shape index (κ3) is 5.16. The van der Waals surface area contributed by atoms with Crippen molar-refractivity contribution >= 4 is 5.97 Å². The van der Waals surface area contributed by atoms with Crippen LogP contribution < -0.4 is 0 Å². The first-order valence-electron chi connectivity index (χ1n) is 6.01. The van der Waals surface area contributed by atoms with Gasteiger partial charge in [-0.25, -0.2) is 0 Å². The van der Waals surface area contributed by atoms with E-state index in [1.807, 2.05) is 0 Å². The van der Waals surface area contributed by atoms with Crippen molar-refractivity contribution in [1.29, 1.82) is 0 Å². The molecule has 2 atom stereocenters. The van der Waals surface area contributed by atoms with Crippen molar-refractivity contribution in [1.82, 2.24) is 0 Å². The van der Waals surface area contributed by atoms with E-state index in [1.165, 1.54) is 0 Å². The molecule has 0 aromatic heterocycles. The van der Waals surface area contributed by atoms with Crippen molar-refractivity contribution in [2.45, 2.75) is 46.4 Å². The van der Waals surface area contributed by atoms with Crippen LogP contribution in [-0.4, -0.2) is 11.1 Å². The van der Waals surface area contributed by atoms with E-state index < -0.39 is 18.7 Å². The molecule has 12 heavy (non-hydrogen) atoms. The summed E-state index contributed by atoms with van der Waals surface area (Å²) in [6, 6.07) is 0. The van der Waals surface area contributed by atoms with Crippen LogP contribution in [0.2, 0.25) is 0 Å². The SMILES string of the molecule is [2H]C([2H])([2H])C(CCCC(C)CC)C(=O)O. The number of hydrogen-bond acceptors (Lipinski definition) is 1. The van der Waals surface area contributed by atoms with Gasteiger partial charge in [0, 0.05) is 4.11 Å². The van der Waals surface area contributed by atoms with Gasteiger partial charge < -0.3 is 5.11 Å². The maximum atomic E-state index is 10.7. The molecule has 0 spiro atoms. The first-order chi connectivity index (χ1) is 6.79. The standard InChI is InChI=1S/C10H20O2/c1-4-8(2)6-5-7-9(3)10(11)12/h8-9H,4-7H2,1-3H3,(H,11,12)/i3D3. The summed E-state index contributed by atoms with van der Waals surface area (Å²) in [7, 11) is 0. The summed E-state index contributed by atoms with van der Waals surface area (Å²) >= 11 is 0. The molecule has 0 aromatic rings. The maximum Gasteiger partial charge on any atom is 0.306 e. The van der Waals surface area contributed by atoms with Gasteiger partial charge in [-0.15, -0.1) is 0 Å². The van der Waals surface area contributed by atoms with Crippen molar-refractivity contribution in [3.8, 4) is 0 Å². The minimum Gasteiger partial charge on any atom is -0.481 e. The second kappa shape index (κ2) is 6.04. The molecule has 2 unspecified atom stereocenters. The van der Waals surface area contributed by atoms with Gasteiger partial charge in [0.05, 0.1) is 5.92 Å². The molecule has 2 heteroatoms. The van der Waals surface area contributed by atoms with Gasteiger partial charge in [-0.2, -0.15) is 0 Å². The van der Waals surface area contributed by atoms with Crippen LogP contribution in [0.25, 0.3) is 0 Å². The minimum absolute atomic E-state index is 0.246. The summed E-state index contributed by atoms with van der Waals surface area (Å²) in [4.78, 5) is 10.7. The van der Waals surface area contributed by atoms with Crippen molar-refractivity contribution in [2.24, 2.45) is 11.8 Å². The minimum atomic E-state index is -2.37. The lowest BCUT2D eigenvalue weighted by molar-refractivity contribution is -0.141. The highest BCUT2D eigenvalue weighted by Gasteiger charge is 2.10. The molecule has 0 saturated carbocycles. The van der Waals surface area contributed by atoms with Crippen LogP contribution in [0, 0.1) is 11.8 Å². The molecule has 0 radical (unpaired) electrons. The van der Waals surface area contributed by atoms with Gasteiger partial charge in [-0.3, -0.25) is 4.79 Å². The molecule has 0 amide bonds. The first kappa shape index (κ1) is 6.93. The quantitative estimate of drug-likeness (QED) is 0.674. The molecule has 0 heterocycles. The highest BCUT2D eigenvalue weighted by molar-refractivity contribution is 5.69. The molecule has 72 valence electrons. The second-order valence-corrected chi connectivity index (χ2v) is 3.34. The van der Waals surface area contributed by atoms with Crippen LogP contribution >= 0.6 is 0 Å². The number of carboxylic acids is 1. The number of rotatable bonds is 6. The number of hydrogen-bond donors (Lipinski definition) is 1. The maximum absolute atomic E-state index is 10.7. The smallest absolute Gasteiger partial charge is 0.306 e. The van der Waals surface area contributed by atoms with E-state index in [2.05, 4.69) is 13.8 Å². The molecule has 0 aliphatic heterocycles. The fourth-order valence-corrected chi connectivity index (χ4v) is 0.998. The Balaban J connectivity index is 4.05. The average molecular weight is 175 g/mol. The largest absolute Gasteiger partial charge is 0.481 e. The van der Waals surface area contributed by atoms with E-state index in [-0.39, 0.29) is 6.42 Å². The molecular formula is C10H20O2. The van der Waals surface area contributed by atoms with Crippen LogP contribution in [0.1, 0.15) is 50.5 Å². The predicted molar refractivity (Wildman–Crippen MR) is 50.1 cm³/mol. The van der Waals surface area contributed by atoms with Crippen LogP contribution in [0.3, 0.4) is 0 Å². The van der Waals surface area contributed by atoms with E-state index in [0.29, 0.717) is 12.3 Å². The fraction of sp³-hybridized carbons (Fsp3) is 0.900. The number of aliphatic carboxylic acids is 1. The summed E-state index contributed by atoms with van der Waals surface area (Å²) in [6.45, 7) is 1.79. The van der Waals surface area contributed by atoms with E-state index in [4.69, 9.17) is 9.22 Å². The molecule has 0 fully saturated rings. The highest BCUT2D eigenvalue weighted by Crippen LogP contribution is 2.14. The number of carbonyl (C=O) groups is 1. The summed E-state index contributed by atoms with van der Waals surface area (Å²) in [5, 5.41) is 8.77. The molecule has 0 bridgehead atoms. The molecular weight excluding hydrogens is 152 g/mol. The van der Waals surface area contributed by atoms with Crippen LogP contribution in [0.15, 0.2) is 0 Å². The summed E-state index contributed by atoms with van der Waals surface area (Å²) in [6.07, 6.45) is 2.86. The van der Waals surface area contributed by atoms with Gasteiger partial charge in [-0.1, -0.05) is 40.0 Å². The van der Waals surface area contributed by atoms with Crippen LogP contribution in [0.4, 0.5) is 0 Å². The van der Waals surface area contributed by atoms with E-state index in [0.717, 1.165) is 12.8 Å². The lowest BCUT2D eigenvalue weighted by Gasteiger charge is -2.09. The Kier molecular flexibility index (Phi) is 3.49. The monoisotopic (exact) mass is 175 g/mol. The number of carboxylic acid groups (broad SMARTS) is 1. The van der Waals surface area contributed by atoms with Crippen LogP contribution in [-0.2, 0) is 4.79 Å². The fourth-order valence-electron chi connectivity index (χ4n) is 0.998. The third-order valence-corrected chi connectivity index (χ3v) is 2.18. The second-order valence-electron chi connectivity index (χ2n) is 3.34. The van der Waals surface area contributed by atoms with Crippen LogP contribution in [0.5, 0.6) is 0 Å². The van der Waals surface area contributed by atoms with Gasteiger partial charge in [0.2, 0.25) is 0 Å². The Hall–Kier alpha value is -0.530. The Morgan fingerprint density at radius 2 is 2.25 bits per heavy atom.